The van der Waals surface area contributed by atoms with E-state index in [1.54, 1.807) is 34.5 Å². The third kappa shape index (κ3) is 5.81. The number of thiazole rings is 1. The summed E-state index contributed by atoms with van der Waals surface area (Å²) in [5, 5.41) is 8.69. The van der Waals surface area contributed by atoms with E-state index >= 15 is 0 Å². The summed E-state index contributed by atoms with van der Waals surface area (Å²) in [6, 6.07) is 14.2. The Kier molecular flexibility index (Phi) is 7.07. The number of benzene rings is 2. The number of carbonyl (C=O) groups excluding carboxylic acids is 2. The average molecular weight is 443 g/mol. The Hall–Kier alpha value is -2.90. The fraction of sp³-hybridized carbons (Fsp3) is 0.227. The van der Waals surface area contributed by atoms with Gasteiger partial charge in [0.1, 0.15) is 10.7 Å². The molecule has 0 fully saturated rings. The number of anilines is 2. The van der Waals surface area contributed by atoms with E-state index in [-0.39, 0.29) is 18.0 Å². The molecule has 156 valence electrons. The fourth-order valence-corrected chi connectivity index (χ4v) is 3.58. The molecule has 3 aromatic rings. The summed E-state index contributed by atoms with van der Waals surface area (Å²) >= 11 is 7.24. The van der Waals surface area contributed by atoms with E-state index < -0.39 is 0 Å². The standard InChI is InChI=1S/C22H23ClN4O2S/c1-14(2)27(22(29)25-18-10-6-16(23)7-11-18)12-20-26-19(13-30-20)21(28)24-17-8-4-15(3)5-9-17/h4-11,13-14H,12H2,1-3H3,(H,24,28)(H,25,29). The molecule has 0 saturated carbocycles. The Labute approximate surface area is 184 Å². The van der Waals surface area contributed by atoms with Crippen LogP contribution in [-0.2, 0) is 6.54 Å². The minimum absolute atomic E-state index is 0.0500. The van der Waals surface area contributed by atoms with Crippen molar-refractivity contribution in [1.82, 2.24) is 9.88 Å². The van der Waals surface area contributed by atoms with Crippen molar-refractivity contribution in [1.29, 1.82) is 0 Å². The van der Waals surface area contributed by atoms with E-state index in [0.29, 0.717) is 33.6 Å². The molecule has 0 aliphatic rings. The summed E-state index contributed by atoms with van der Waals surface area (Å²) in [5.74, 6) is -0.275. The molecule has 0 saturated heterocycles. The molecule has 0 bridgehead atoms. The van der Waals surface area contributed by atoms with Crippen molar-refractivity contribution >= 4 is 46.3 Å². The number of nitrogens with one attached hydrogen (secondary N) is 2. The molecule has 2 N–H and O–H groups in total. The predicted molar refractivity (Wildman–Crippen MR) is 122 cm³/mol. The zero-order valence-corrected chi connectivity index (χ0v) is 18.6. The Balaban J connectivity index is 1.65. The first-order chi connectivity index (χ1) is 14.3. The maximum Gasteiger partial charge on any atom is 0.322 e. The second-order valence-electron chi connectivity index (χ2n) is 7.11. The molecule has 0 atom stereocenters. The molecule has 0 aliphatic heterocycles. The van der Waals surface area contributed by atoms with Crippen LogP contribution in [0.1, 0.15) is 34.9 Å². The summed E-state index contributed by atoms with van der Waals surface area (Å²) in [6.45, 7) is 6.15. The van der Waals surface area contributed by atoms with Gasteiger partial charge in [0, 0.05) is 27.8 Å². The molecule has 3 rings (SSSR count). The van der Waals surface area contributed by atoms with E-state index in [0.717, 1.165) is 5.56 Å². The molecule has 3 amide bonds. The van der Waals surface area contributed by atoms with Gasteiger partial charge in [-0.15, -0.1) is 11.3 Å². The molecule has 2 aromatic carbocycles. The minimum atomic E-state index is -0.275. The first kappa shape index (κ1) is 21.8. The molecular formula is C22H23ClN4O2S. The molecular weight excluding hydrogens is 420 g/mol. The second kappa shape index (κ2) is 9.73. The quantitative estimate of drug-likeness (QED) is 0.506. The fourth-order valence-electron chi connectivity index (χ4n) is 2.68. The lowest BCUT2D eigenvalue weighted by molar-refractivity contribution is 0.102. The van der Waals surface area contributed by atoms with E-state index in [9.17, 15) is 9.59 Å². The lowest BCUT2D eigenvalue weighted by Gasteiger charge is -2.26. The average Bonchev–Trinajstić information content (AvgIpc) is 3.18. The van der Waals surface area contributed by atoms with Crippen LogP contribution in [0.15, 0.2) is 53.9 Å². The highest BCUT2D eigenvalue weighted by molar-refractivity contribution is 7.09. The number of aryl methyl sites for hydroxylation is 1. The van der Waals surface area contributed by atoms with Crippen molar-refractivity contribution in [3.63, 3.8) is 0 Å². The van der Waals surface area contributed by atoms with Crippen LogP contribution < -0.4 is 10.6 Å². The van der Waals surface area contributed by atoms with Gasteiger partial charge in [-0.1, -0.05) is 29.3 Å². The van der Waals surface area contributed by atoms with Crippen molar-refractivity contribution in [2.75, 3.05) is 10.6 Å². The molecule has 0 spiro atoms. The van der Waals surface area contributed by atoms with Crippen LogP contribution in [0.2, 0.25) is 5.02 Å². The zero-order chi connectivity index (χ0) is 21.7. The molecule has 1 heterocycles. The Morgan fingerprint density at radius 2 is 1.63 bits per heavy atom. The molecule has 1 aromatic heterocycles. The van der Waals surface area contributed by atoms with E-state index in [1.807, 2.05) is 45.0 Å². The molecule has 0 unspecified atom stereocenters. The number of amides is 3. The first-order valence-corrected chi connectivity index (χ1v) is 10.7. The maximum atomic E-state index is 12.7. The van der Waals surface area contributed by atoms with Crippen LogP contribution >= 0.6 is 22.9 Å². The topological polar surface area (TPSA) is 74.3 Å². The molecule has 8 heteroatoms. The van der Waals surface area contributed by atoms with Crippen LogP contribution in [-0.4, -0.2) is 27.9 Å². The first-order valence-electron chi connectivity index (χ1n) is 9.47. The number of hydrogen-bond acceptors (Lipinski definition) is 4. The highest BCUT2D eigenvalue weighted by atomic mass is 35.5. The summed E-state index contributed by atoms with van der Waals surface area (Å²) in [5.41, 5.74) is 2.82. The van der Waals surface area contributed by atoms with Crippen molar-refractivity contribution in [2.45, 2.75) is 33.4 Å². The third-order valence-corrected chi connectivity index (χ3v) is 5.46. The van der Waals surface area contributed by atoms with Crippen molar-refractivity contribution in [3.8, 4) is 0 Å². The lowest BCUT2D eigenvalue weighted by atomic mass is 10.2. The van der Waals surface area contributed by atoms with Gasteiger partial charge in [-0.3, -0.25) is 4.79 Å². The van der Waals surface area contributed by atoms with Crippen LogP contribution in [0.5, 0.6) is 0 Å². The Morgan fingerprint density at radius 1 is 1.03 bits per heavy atom. The SMILES string of the molecule is Cc1ccc(NC(=O)c2csc(CN(C(=O)Nc3ccc(Cl)cc3)C(C)C)n2)cc1. The number of carbonyl (C=O) groups is 2. The number of halogens is 1. The molecule has 30 heavy (non-hydrogen) atoms. The Bertz CT molecular complexity index is 1020. The van der Waals surface area contributed by atoms with Gasteiger partial charge in [-0.05, 0) is 57.2 Å². The third-order valence-electron chi connectivity index (χ3n) is 4.38. The van der Waals surface area contributed by atoms with Crippen molar-refractivity contribution < 1.29 is 9.59 Å². The molecule has 0 aliphatic carbocycles. The number of hydrogen-bond donors (Lipinski definition) is 2. The number of nitrogens with zero attached hydrogens (tertiary/aromatic N) is 2. The van der Waals surface area contributed by atoms with Gasteiger partial charge in [0.2, 0.25) is 0 Å². The monoisotopic (exact) mass is 442 g/mol. The number of urea groups is 1. The van der Waals surface area contributed by atoms with E-state index in [4.69, 9.17) is 11.6 Å². The minimum Gasteiger partial charge on any atom is -0.321 e. The summed E-state index contributed by atoms with van der Waals surface area (Å²) < 4.78 is 0. The van der Waals surface area contributed by atoms with E-state index in [1.165, 1.54) is 11.3 Å². The summed E-state index contributed by atoms with van der Waals surface area (Å²) in [6.07, 6.45) is 0. The maximum absolute atomic E-state index is 12.7. The highest BCUT2D eigenvalue weighted by Gasteiger charge is 2.20. The number of rotatable bonds is 6. The molecule has 0 radical (unpaired) electrons. The normalized spacial score (nSPS) is 10.7. The van der Waals surface area contributed by atoms with Crippen LogP contribution in [0.4, 0.5) is 16.2 Å². The van der Waals surface area contributed by atoms with E-state index in [2.05, 4.69) is 15.6 Å². The van der Waals surface area contributed by atoms with Gasteiger partial charge >= 0.3 is 6.03 Å². The molecule has 6 nitrogen and oxygen atoms in total. The van der Waals surface area contributed by atoms with Gasteiger partial charge in [-0.2, -0.15) is 0 Å². The van der Waals surface area contributed by atoms with Gasteiger partial charge in [0.15, 0.2) is 0 Å². The van der Waals surface area contributed by atoms with Crippen LogP contribution in [0, 0.1) is 6.92 Å². The largest absolute Gasteiger partial charge is 0.322 e. The van der Waals surface area contributed by atoms with Crippen molar-refractivity contribution in [3.05, 3.63) is 75.2 Å². The number of aromatic nitrogens is 1. The van der Waals surface area contributed by atoms with Crippen LogP contribution in [0.25, 0.3) is 0 Å². The summed E-state index contributed by atoms with van der Waals surface area (Å²) in [4.78, 5) is 31.3. The smallest absolute Gasteiger partial charge is 0.321 e. The lowest BCUT2D eigenvalue weighted by Crippen LogP contribution is -2.39. The van der Waals surface area contributed by atoms with Crippen LogP contribution in [0.3, 0.4) is 0 Å². The van der Waals surface area contributed by atoms with Gasteiger partial charge < -0.3 is 15.5 Å². The second-order valence-corrected chi connectivity index (χ2v) is 8.48. The van der Waals surface area contributed by atoms with Crippen molar-refractivity contribution in [2.24, 2.45) is 0 Å². The predicted octanol–water partition coefficient (Wildman–Crippen LogP) is 5.80. The van der Waals surface area contributed by atoms with Gasteiger partial charge in [0.25, 0.3) is 5.91 Å². The Morgan fingerprint density at radius 3 is 2.27 bits per heavy atom. The highest BCUT2D eigenvalue weighted by Crippen LogP contribution is 2.18. The van der Waals surface area contributed by atoms with Gasteiger partial charge in [-0.25, -0.2) is 9.78 Å². The zero-order valence-electron chi connectivity index (χ0n) is 17.0. The summed E-state index contributed by atoms with van der Waals surface area (Å²) in [7, 11) is 0. The van der Waals surface area contributed by atoms with Gasteiger partial charge in [0.05, 0.1) is 6.54 Å².